The Bertz CT molecular complexity index is 694. The normalized spacial score (nSPS) is 14.6. The number of carbonyl (C=O) groups excluding carboxylic acids is 1. The minimum absolute atomic E-state index is 0.207. The Morgan fingerprint density at radius 1 is 1.13 bits per heavy atom. The summed E-state index contributed by atoms with van der Waals surface area (Å²) in [6.07, 6.45) is 3.13. The van der Waals surface area contributed by atoms with Crippen LogP contribution in [-0.4, -0.2) is 42.2 Å². The van der Waals surface area contributed by atoms with Crippen molar-refractivity contribution < 1.29 is 9.53 Å². The first-order chi connectivity index (χ1) is 11.1. The lowest BCUT2D eigenvalue weighted by Crippen LogP contribution is -2.37. The van der Waals surface area contributed by atoms with Crippen molar-refractivity contribution in [3.63, 3.8) is 0 Å². The summed E-state index contributed by atoms with van der Waals surface area (Å²) in [4.78, 5) is 22.9. The Morgan fingerprint density at radius 3 is 2.48 bits per heavy atom. The molecule has 2 heterocycles. The molecular formula is C17H20N4O2. The first-order valence-corrected chi connectivity index (χ1v) is 7.67. The average Bonchev–Trinajstić information content (AvgIpc) is 2.59. The van der Waals surface area contributed by atoms with Crippen molar-refractivity contribution in [2.75, 3.05) is 36.5 Å². The summed E-state index contributed by atoms with van der Waals surface area (Å²) >= 11 is 0. The van der Waals surface area contributed by atoms with Crippen molar-refractivity contribution in [3.8, 4) is 0 Å². The Hall–Kier alpha value is -2.47. The fraction of sp³-hybridized carbons (Fsp3) is 0.353. The molecule has 1 N–H and O–H groups in total. The van der Waals surface area contributed by atoms with Gasteiger partial charge in [-0.2, -0.15) is 0 Å². The predicted octanol–water partition coefficient (Wildman–Crippen LogP) is 2.18. The van der Waals surface area contributed by atoms with Crippen molar-refractivity contribution in [2.45, 2.75) is 13.8 Å². The summed E-state index contributed by atoms with van der Waals surface area (Å²) in [5.74, 6) is 0.429. The van der Waals surface area contributed by atoms with E-state index in [9.17, 15) is 4.79 Å². The molecule has 120 valence electrons. The second-order valence-electron chi connectivity index (χ2n) is 5.62. The molecule has 6 heteroatoms. The van der Waals surface area contributed by atoms with Gasteiger partial charge in [0.25, 0.3) is 5.91 Å². The Balaban J connectivity index is 1.68. The summed E-state index contributed by atoms with van der Waals surface area (Å²) in [5, 5.41) is 2.87. The number of hydrogen-bond acceptors (Lipinski definition) is 5. The molecule has 6 nitrogen and oxygen atoms in total. The van der Waals surface area contributed by atoms with Gasteiger partial charge >= 0.3 is 0 Å². The van der Waals surface area contributed by atoms with Crippen molar-refractivity contribution in [1.82, 2.24) is 9.97 Å². The number of benzene rings is 1. The Kier molecular flexibility index (Phi) is 4.52. The molecule has 0 aliphatic carbocycles. The van der Waals surface area contributed by atoms with Crippen LogP contribution in [0, 0.1) is 13.8 Å². The molecule has 0 spiro atoms. The summed E-state index contributed by atoms with van der Waals surface area (Å²) in [5.41, 5.74) is 3.55. The third kappa shape index (κ3) is 3.65. The molecule has 0 unspecified atom stereocenters. The van der Waals surface area contributed by atoms with Crippen molar-refractivity contribution in [1.29, 1.82) is 0 Å². The second kappa shape index (κ2) is 6.75. The van der Waals surface area contributed by atoms with Crippen LogP contribution in [-0.2, 0) is 4.74 Å². The van der Waals surface area contributed by atoms with Crippen LogP contribution in [0.2, 0.25) is 0 Å². The van der Waals surface area contributed by atoms with E-state index in [4.69, 9.17) is 4.74 Å². The van der Waals surface area contributed by atoms with Crippen LogP contribution < -0.4 is 10.2 Å². The standard InChI is InChI=1S/C17H20N4O2/c1-12-3-4-15(9-13(12)2)20-16(22)14-10-18-17(19-11-14)21-5-7-23-8-6-21/h3-4,9-11H,5-8H2,1-2H3,(H,20,22). The van der Waals surface area contributed by atoms with E-state index in [1.165, 1.54) is 5.56 Å². The van der Waals surface area contributed by atoms with E-state index in [1.54, 1.807) is 12.4 Å². The Labute approximate surface area is 135 Å². The first-order valence-electron chi connectivity index (χ1n) is 7.67. The van der Waals surface area contributed by atoms with Crippen LogP contribution in [0.5, 0.6) is 0 Å². The highest BCUT2D eigenvalue weighted by molar-refractivity contribution is 6.03. The molecule has 1 aliphatic heterocycles. The summed E-state index contributed by atoms with van der Waals surface area (Å²) in [6, 6.07) is 5.84. The number of hydrogen-bond donors (Lipinski definition) is 1. The van der Waals surface area contributed by atoms with Gasteiger partial charge in [0.05, 0.1) is 18.8 Å². The van der Waals surface area contributed by atoms with Gasteiger partial charge in [-0.25, -0.2) is 9.97 Å². The van der Waals surface area contributed by atoms with Gasteiger partial charge in [0, 0.05) is 31.2 Å². The van der Waals surface area contributed by atoms with Gasteiger partial charge in [-0.1, -0.05) is 6.07 Å². The molecule has 1 amide bonds. The fourth-order valence-corrected chi connectivity index (χ4v) is 2.39. The third-order valence-electron chi connectivity index (χ3n) is 3.96. The molecular weight excluding hydrogens is 292 g/mol. The summed E-state index contributed by atoms with van der Waals surface area (Å²) in [7, 11) is 0. The number of anilines is 2. The molecule has 23 heavy (non-hydrogen) atoms. The topological polar surface area (TPSA) is 67.4 Å². The van der Waals surface area contributed by atoms with Crippen LogP contribution in [0.4, 0.5) is 11.6 Å². The molecule has 1 aromatic heterocycles. The lowest BCUT2D eigenvalue weighted by atomic mass is 10.1. The number of carbonyl (C=O) groups is 1. The van der Waals surface area contributed by atoms with E-state index < -0.39 is 0 Å². The smallest absolute Gasteiger partial charge is 0.258 e. The minimum atomic E-state index is -0.207. The number of nitrogens with zero attached hydrogens (tertiary/aromatic N) is 3. The van der Waals surface area contributed by atoms with Crippen molar-refractivity contribution in [3.05, 3.63) is 47.3 Å². The number of ether oxygens (including phenoxy) is 1. The number of morpholine rings is 1. The predicted molar refractivity (Wildman–Crippen MR) is 88.9 cm³/mol. The van der Waals surface area contributed by atoms with Crippen molar-refractivity contribution in [2.24, 2.45) is 0 Å². The number of rotatable bonds is 3. The molecule has 1 aromatic carbocycles. The maximum atomic E-state index is 12.3. The third-order valence-corrected chi connectivity index (χ3v) is 3.96. The van der Waals surface area contributed by atoms with E-state index in [-0.39, 0.29) is 5.91 Å². The van der Waals surface area contributed by atoms with Gasteiger partial charge in [-0.15, -0.1) is 0 Å². The number of aromatic nitrogens is 2. The molecule has 0 bridgehead atoms. The zero-order valence-electron chi connectivity index (χ0n) is 13.4. The number of nitrogens with one attached hydrogen (secondary N) is 1. The van der Waals surface area contributed by atoms with Gasteiger partial charge in [0.2, 0.25) is 5.95 Å². The maximum Gasteiger partial charge on any atom is 0.258 e. The summed E-state index contributed by atoms with van der Waals surface area (Å²) < 4.78 is 5.31. The average molecular weight is 312 g/mol. The van der Waals surface area contributed by atoms with E-state index in [2.05, 4.69) is 20.2 Å². The Morgan fingerprint density at radius 2 is 1.83 bits per heavy atom. The highest BCUT2D eigenvalue weighted by Gasteiger charge is 2.15. The van der Waals surface area contributed by atoms with Crippen LogP contribution >= 0.6 is 0 Å². The molecule has 2 aromatic rings. The molecule has 3 rings (SSSR count). The monoisotopic (exact) mass is 312 g/mol. The molecule has 0 radical (unpaired) electrons. The molecule has 0 saturated carbocycles. The number of aryl methyl sites for hydroxylation is 2. The molecule has 1 aliphatic rings. The van der Waals surface area contributed by atoms with Crippen molar-refractivity contribution >= 4 is 17.5 Å². The molecule has 1 saturated heterocycles. The van der Waals surface area contributed by atoms with Crippen LogP contribution in [0.25, 0.3) is 0 Å². The van der Waals surface area contributed by atoms with Gasteiger partial charge in [-0.05, 0) is 37.1 Å². The summed E-state index contributed by atoms with van der Waals surface area (Å²) in [6.45, 7) is 6.96. The highest BCUT2D eigenvalue weighted by atomic mass is 16.5. The SMILES string of the molecule is Cc1ccc(NC(=O)c2cnc(N3CCOCC3)nc2)cc1C. The first kappa shape index (κ1) is 15.4. The van der Waals surface area contributed by atoms with Gasteiger partial charge < -0.3 is 15.0 Å². The minimum Gasteiger partial charge on any atom is -0.378 e. The lowest BCUT2D eigenvalue weighted by Gasteiger charge is -2.26. The van der Waals surface area contributed by atoms with Crippen LogP contribution in [0.15, 0.2) is 30.6 Å². The fourth-order valence-electron chi connectivity index (χ4n) is 2.39. The van der Waals surface area contributed by atoms with Gasteiger partial charge in [-0.3, -0.25) is 4.79 Å². The van der Waals surface area contributed by atoms with Crippen LogP contribution in [0.3, 0.4) is 0 Å². The zero-order valence-corrected chi connectivity index (χ0v) is 13.4. The molecule has 0 atom stereocenters. The van der Waals surface area contributed by atoms with E-state index in [0.29, 0.717) is 24.7 Å². The van der Waals surface area contributed by atoms with E-state index in [1.807, 2.05) is 32.0 Å². The van der Waals surface area contributed by atoms with Crippen LogP contribution in [0.1, 0.15) is 21.5 Å². The second-order valence-corrected chi connectivity index (χ2v) is 5.62. The lowest BCUT2D eigenvalue weighted by molar-refractivity contribution is 0.102. The zero-order chi connectivity index (χ0) is 16.2. The van der Waals surface area contributed by atoms with E-state index >= 15 is 0 Å². The molecule has 1 fully saturated rings. The number of amides is 1. The van der Waals surface area contributed by atoms with Gasteiger partial charge in [0.1, 0.15) is 0 Å². The largest absolute Gasteiger partial charge is 0.378 e. The quantitative estimate of drug-likeness (QED) is 0.941. The highest BCUT2D eigenvalue weighted by Crippen LogP contribution is 2.15. The van der Waals surface area contributed by atoms with Gasteiger partial charge in [0.15, 0.2) is 0 Å². The van der Waals surface area contributed by atoms with E-state index in [0.717, 1.165) is 24.3 Å². The maximum absolute atomic E-state index is 12.3.